The van der Waals surface area contributed by atoms with Gasteiger partial charge in [0.1, 0.15) is 6.04 Å². The average Bonchev–Trinajstić information content (AvgIpc) is 3.43. The Bertz CT molecular complexity index is 933. The normalized spacial score (nSPS) is 16.9. The average molecular weight is 443 g/mol. The van der Waals surface area contributed by atoms with Gasteiger partial charge < -0.3 is 19.9 Å². The Morgan fingerprint density at radius 2 is 1.81 bits per heavy atom. The van der Waals surface area contributed by atoms with Crippen molar-refractivity contribution >= 4 is 17.8 Å². The fourth-order valence-corrected chi connectivity index (χ4v) is 4.65. The molecule has 32 heavy (non-hydrogen) atoms. The number of carbonyl (C=O) groups excluding carboxylic acids is 1. The first kappa shape index (κ1) is 23.5. The van der Waals surface area contributed by atoms with E-state index < -0.39 is 29.3 Å². The Morgan fingerprint density at radius 3 is 2.41 bits per heavy atom. The molecule has 8 heteroatoms. The lowest BCUT2D eigenvalue weighted by molar-refractivity contribution is -0.147. The summed E-state index contributed by atoms with van der Waals surface area (Å²) in [5, 5.41) is 22.1. The van der Waals surface area contributed by atoms with Gasteiger partial charge in [-0.2, -0.15) is 0 Å². The van der Waals surface area contributed by atoms with Crippen LogP contribution in [0.1, 0.15) is 57.6 Å². The van der Waals surface area contributed by atoms with Crippen LogP contribution in [-0.2, 0) is 20.8 Å². The van der Waals surface area contributed by atoms with Gasteiger partial charge in [0.2, 0.25) is 5.91 Å². The molecule has 0 bridgehead atoms. The van der Waals surface area contributed by atoms with Crippen LogP contribution < -0.4 is 5.32 Å². The van der Waals surface area contributed by atoms with E-state index >= 15 is 0 Å². The Balaban J connectivity index is 1.78. The predicted molar refractivity (Wildman–Crippen MR) is 117 cm³/mol. The van der Waals surface area contributed by atoms with E-state index in [1.165, 1.54) is 6.39 Å². The van der Waals surface area contributed by atoms with Gasteiger partial charge in [-0.3, -0.25) is 9.59 Å². The van der Waals surface area contributed by atoms with E-state index in [-0.39, 0.29) is 18.7 Å². The van der Waals surface area contributed by atoms with Crippen molar-refractivity contribution in [1.29, 1.82) is 0 Å². The molecule has 1 amide bonds. The number of nitrogens with zero attached hydrogens (tertiary/aromatic N) is 1. The highest BCUT2D eigenvalue weighted by Crippen LogP contribution is 2.44. The standard InChI is InChI=1S/C24H30N2O6/c1-2-8-17(21(27)28)14-24(11-6-7-12-24)23(31)26-19(22(29)30)13-18-20(32-15-25-18)16-9-4-3-5-10-16/h3-5,9-10,15,17,19H,2,6-8,11-14H2,1H3,(H,26,31)(H,27,28)(H,29,30)/t17-,19+/m1/s1. The highest BCUT2D eigenvalue weighted by molar-refractivity contribution is 5.88. The number of nitrogens with one attached hydrogen (secondary N) is 1. The number of amides is 1. The number of rotatable bonds is 11. The van der Waals surface area contributed by atoms with E-state index in [0.29, 0.717) is 37.1 Å². The molecule has 172 valence electrons. The number of hydrogen-bond donors (Lipinski definition) is 3. The SMILES string of the molecule is CCC[C@H](CC1(C(=O)N[C@@H](Cc2ncoc2-c2ccccc2)C(=O)O)CCCC1)C(=O)O. The number of hydrogen-bond acceptors (Lipinski definition) is 5. The maximum absolute atomic E-state index is 13.3. The fourth-order valence-electron chi connectivity index (χ4n) is 4.65. The Labute approximate surface area is 187 Å². The molecular formula is C24H30N2O6. The molecule has 1 heterocycles. The van der Waals surface area contributed by atoms with Crippen LogP contribution >= 0.6 is 0 Å². The van der Waals surface area contributed by atoms with Crippen LogP contribution in [0.5, 0.6) is 0 Å². The van der Waals surface area contributed by atoms with Crippen molar-refractivity contribution in [2.24, 2.45) is 11.3 Å². The molecule has 1 aromatic carbocycles. The minimum atomic E-state index is -1.19. The van der Waals surface area contributed by atoms with Crippen molar-refractivity contribution in [1.82, 2.24) is 10.3 Å². The Hall–Kier alpha value is -3.16. The molecule has 0 spiro atoms. The maximum Gasteiger partial charge on any atom is 0.326 e. The third-order valence-electron chi connectivity index (χ3n) is 6.34. The summed E-state index contributed by atoms with van der Waals surface area (Å²) in [4.78, 5) is 41.2. The van der Waals surface area contributed by atoms with Crippen molar-refractivity contribution in [2.75, 3.05) is 0 Å². The summed E-state index contributed by atoms with van der Waals surface area (Å²) < 4.78 is 5.48. The largest absolute Gasteiger partial charge is 0.481 e. The molecule has 2 aromatic rings. The Morgan fingerprint density at radius 1 is 1.12 bits per heavy atom. The summed E-state index contributed by atoms with van der Waals surface area (Å²) in [7, 11) is 0. The monoisotopic (exact) mass is 442 g/mol. The van der Waals surface area contributed by atoms with Gasteiger partial charge in [-0.15, -0.1) is 0 Å². The number of carbonyl (C=O) groups is 3. The van der Waals surface area contributed by atoms with Crippen LogP contribution in [0.25, 0.3) is 11.3 Å². The van der Waals surface area contributed by atoms with Crippen molar-refractivity contribution in [3.8, 4) is 11.3 Å². The summed E-state index contributed by atoms with van der Waals surface area (Å²) in [6, 6.07) is 8.04. The van der Waals surface area contributed by atoms with Gasteiger partial charge in [0, 0.05) is 12.0 Å². The number of aromatic nitrogens is 1. The van der Waals surface area contributed by atoms with Crippen LogP contribution in [0, 0.1) is 11.3 Å². The molecule has 0 unspecified atom stereocenters. The van der Waals surface area contributed by atoms with Crippen molar-refractivity contribution in [3.05, 3.63) is 42.4 Å². The summed E-state index contributed by atoms with van der Waals surface area (Å²) >= 11 is 0. The van der Waals surface area contributed by atoms with E-state index in [1.54, 1.807) is 0 Å². The third-order valence-corrected chi connectivity index (χ3v) is 6.34. The summed E-state index contributed by atoms with van der Waals surface area (Å²) in [6.45, 7) is 1.92. The molecule has 0 saturated heterocycles. The van der Waals surface area contributed by atoms with Crippen LogP contribution in [0.4, 0.5) is 0 Å². The number of aliphatic carboxylic acids is 2. The maximum atomic E-state index is 13.3. The topological polar surface area (TPSA) is 130 Å². The van der Waals surface area contributed by atoms with Gasteiger partial charge in [0.25, 0.3) is 0 Å². The van der Waals surface area contributed by atoms with Gasteiger partial charge in [0.15, 0.2) is 12.2 Å². The van der Waals surface area contributed by atoms with E-state index in [0.717, 1.165) is 18.4 Å². The fraction of sp³-hybridized carbons (Fsp3) is 0.500. The number of benzene rings is 1. The van der Waals surface area contributed by atoms with Crippen molar-refractivity contribution < 1.29 is 29.0 Å². The zero-order chi connectivity index (χ0) is 23.1. The summed E-state index contributed by atoms with van der Waals surface area (Å²) in [6.07, 6.45) is 5.45. The smallest absolute Gasteiger partial charge is 0.326 e. The van der Waals surface area contributed by atoms with Crippen LogP contribution in [0.15, 0.2) is 41.1 Å². The minimum Gasteiger partial charge on any atom is -0.481 e. The molecule has 2 atom stereocenters. The zero-order valence-electron chi connectivity index (χ0n) is 18.3. The second-order valence-corrected chi connectivity index (χ2v) is 8.58. The minimum absolute atomic E-state index is 0.0325. The number of carboxylic acid groups (broad SMARTS) is 2. The van der Waals surface area contributed by atoms with Gasteiger partial charge in [0.05, 0.1) is 17.0 Å². The van der Waals surface area contributed by atoms with Crippen molar-refractivity contribution in [2.45, 2.75) is 64.3 Å². The predicted octanol–water partition coefficient (Wildman–Crippen LogP) is 3.90. The molecule has 3 rings (SSSR count). The zero-order valence-corrected chi connectivity index (χ0v) is 18.3. The van der Waals surface area contributed by atoms with Crippen molar-refractivity contribution in [3.63, 3.8) is 0 Å². The first-order chi connectivity index (χ1) is 15.4. The molecule has 8 nitrogen and oxygen atoms in total. The molecule has 3 N–H and O–H groups in total. The highest BCUT2D eigenvalue weighted by atomic mass is 16.4. The number of oxazole rings is 1. The molecule has 1 aliphatic carbocycles. The Kier molecular flexibility index (Phi) is 7.66. The first-order valence-corrected chi connectivity index (χ1v) is 11.1. The van der Waals surface area contributed by atoms with Crippen LogP contribution in [-0.4, -0.2) is 39.1 Å². The lowest BCUT2D eigenvalue weighted by Crippen LogP contribution is -2.49. The quantitative estimate of drug-likeness (QED) is 0.481. The van der Waals surface area contributed by atoms with E-state index in [2.05, 4.69) is 10.3 Å². The molecule has 1 aliphatic rings. The van der Waals surface area contributed by atoms with Gasteiger partial charge in [-0.05, 0) is 25.7 Å². The second-order valence-electron chi connectivity index (χ2n) is 8.58. The summed E-state index contributed by atoms with van der Waals surface area (Å²) in [5.41, 5.74) is 0.364. The molecule has 1 fully saturated rings. The lowest BCUT2D eigenvalue weighted by atomic mass is 9.75. The lowest BCUT2D eigenvalue weighted by Gasteiger charge is -2.31. The summed E-state index contributed by atoms with van der Waals surface area (Å²) in [5.74, 6) is -2.61. The van der Waals surface area contributed by atoms with E-state index in [9.17, 15) is 24.6 Å². The number of carboxylic acids is 2. The molecule has 0 aliphatic heterocycles. The van der Waals surface area contributed by atoms with Crippen LogP contribution in [0.3, 0.4) is 0 Å². The molecule has 1 aromatic heterocycles. The molecule has 0 radical (unpaired) electrons. The molecular weight excluding hydrogens is 412 g/mol. The van der Waals surface area contributed by atoms with Gasteiger partial charge in [-0.25, -0.2) is 9.78 Å². The van der Waals surface area contributed by atoms with E-state index in [1.807, 2.05) is 37.3 Å². The van der Waals surface area contributed by atoms with Gasteiger partial charge >= 0.3 is 11.9 Å². The van der Waals surface area contributed by atoms with Gasteiger partial charge in [-0.1, -0.05) is 56.5 Å². The third kappa shape index (κ3) is 5.36. The highest BCUT2D eigenvalue weighted by Gasteiger charge is 2.45. The van der Waals surface area contributed by atoms with E-state index in [4.69, 9.17) is 4.42 Å². The molecule has 1 saturated carbocycles. The first-order valence-electron chi connectivity index (χ1n) is 11.1. The second kappa shape index (κ2) is 10.4. The van der Waals surface area contributed by atoms with Crippen LogP contribution in [0.2, 0.25) is 0 Å².